The monoisotopic (exact) mass is 258 g/mol. The lowest BCUT2D eigenvalue weighted by Gasteiger charge is -2.18. The summed E-state index contributed by atoms with van der Waals surface area (Å²) in [4.78, 5) is 11.3. The molecule has 18 heavy (non-hydrogen) atoms. The summed E-state index contributed by atoms with van der Waals surface area (Å²) in [5, 5.41) is 0. The van der Waals surface area contributed by atoms with Crippen LogP contribution in [0.5, 0.6) is 0 Å². The topological polar surface area (TPSA) is 35.5 Å². The third kappa shape index (κ3) is 13.5. The molecule has 0 aromatic carbocycles. The standard InChI is InChI=1S/C15H30O3/c1-14(2,3)9-7-8-10-18-13(16)11-17-12-15(4,5)6/h7-12H2,1-6H3. The van der Waals surface area contributed by atoms with Crippen LogP contribution in [0.4, 0.5) is 0 Å². The Hall–Kier alpha value is -0.570. The van der Waals surface area contributed by atoms with Gasteiger partial charge < -0.3 is 9.47 Å². The number of carbonyl (C=O) groups excluding carboxylic acids is 1. The van der Waals surface area contributed by atoms with E-state index < -0.39 is 0 Å². The van der Waals surface area contributed by atoms with Crippen LogP contribution in [0.3, 0.4) is 0 Å². The molecule has 0 spiro atoms. The summed E-state index contributed by atoms with van der Waals surface area (Å²) >= 11 is 0. The zero-order valence-corrected chi connectivity index (χ0v) is 13.0. The second-order valence-corrected chi connectivity index (χ2v) is 7.29. The van der Waals surface area contributed by atoms with Crippen LogP contribution in [-0.4, -0.2) is 25.8 Å². The van der Waals surface area contributed by atoms with Crippen molar-refractivity contribution >= 4 is 5.97 Å². The molecule has 0 saturated carbocycles. The highest BCUT2D eigenvalue weighted by atomic mass is 16.6. The fourth-order valence-electron chi connectivity index (χ4n) is 1.43. The Balaban J connectivity index is 3.44. The van der Waals surface area contributed by atoms with Crippen molar-refractivity contribution in [3.63, 3.8) is 0 Å². The Morgan fingerprint density at radius 1 is 0.944 bits per heavy atom. The van der Waals surface area contributed by atoms with Gasteiger partial charge in [-0.1, -0.05) is 41.5 Å². The van der Waals surface area contributed by atoms with E-state index in [-0.39, 0.29) is 18.0 Å². The Morgan fingerprint density at radius 3 is 2.06 bits per heavy atom. The summed E-state index contributed by atoms with van der Waals surface area (Å²) in [6.07, 6.45) is 3.19. The summed E-state index contributed by atoms with van der Waals surface area (Å²) in [6, 6.07) is 0. The van der Waals surface area contributed by atoms with Gasteiger partial charge in [0, 0.05) is 0 Å². The fraction of sp³-hybridized carbons (Fsp3) is 0.933. The molecule has 0 aliphatic rings. The number of rotatable bonds is 7. The molecule has 0 N–H and O–H groups in total. The molecule has 0 unspecified atom stereocenters. The van der Waals surface area contributed by atoms with Gasteiger partial charge in [-0.2, -0.15) is 0 Å². The molecule has 0 atom stereocenters. The van der Waals surface area contributed by atoms with E-state index in [1.165, 1.54) is 0 Å². The second kappa shape index (κ2) is 7.78. The minimum Gasteiger partial charge on any atom is -0.464 e. The molecule has 0 aromatic rings. The van der Waals surface area contributed by atoms with Crippen molar-refractivity contribution in [3.05, 3.63) is 0 Å². The molecule has 0 fully saturated rings. The molecule has 0 saturated heterocycles. The van der Waals surface area contributed by atoms with Crippen molar-refractivity contribution in [2.24, 2.45) is 10.8 Å². The van der Waals surface area contributed by atoms with Crippen LogP contribution < -0.4 is 0 Å². The van der Waals surface area contributed by atoms with Crippen LogP contribution in [0.15, 0.2) is 0 Å². The SMILES string of the molecule is CC(C)(C)CCCCOC(=O)COCC(C)(C)C. The number of hydrogen-bond acceptors (Lipinski definition) is 3. The molecule has 0 rings (SSSR count). The first kappa shape index (κ1) is 17.4. The first-order valence-corrected chi connectivity index (χ1v) is 6.83. The average Bonchev–Trinajstić information content (AvgIpc) is 2.13. The predicted molar refractivity (Wildman–Crippen MR) is 74.5 cm³/mol. The lowest BCUT2D eigenvalue weighted by Crippen LogP contribution is -2.20. The largest absolute Gasteiger partial charge is 0.464 e. The smallest absolute Gasteiger partial charge is 0.332 e. The molecule has 0 aromatic heterocycles. The van der Waals surface area contributed by atoms with Crippen LogP contribution in [0.2, 0.25) is 0 Å². The maximum absolute atomic E-state index is 11.3. The van der Waals surface area contributed by atoms with Crippen molar-refractivity contribution < 1.29 is 14.3 Å². The third-order valence-electron chi connectivity index (χ3n) is 2.34. The average molecular weight is 258 g/mol. The number of unbranched alkanes of at least 4 members (excludes halogenated alkanes) is 1. The highest BCUT2D eigenvalue weighted by molar-refractivity contribution is 5.70. The molecule has 0 amide bonds. The minimum absolute atomic E-state index is 0.0660. The van der Waals surface area contributed by atoms with Gasteiger partial charge in [-0.25, -0.2) is 4.79 Å². The highest BCUT2D eigenvalue weighted by Gasteiger charge is 2.12. The van der Waals surface area contributed by atoms with E-state index >= 15 is 0 Å². The number of carbonyl (C=O) groups is 1. The lowest BCUT2D eigenvalue weighted by atomic mass is 9.90. The maximum Gasteiger partial charge on any atom is 0.332 e. The molecule has 0 aliphatic heterocycles. The minimum atomic E-state index is -0.255. The summed E-state index contributed by atoms with van der Waals surface area (Å²) in [5.74, 6) is -0.255. The van der Waals surface area contributed by atoms with Crippen LogP contribution >= 0.6 is 0 Å². The molecule has 0 heterocycles. The quantitative estimate of drug-likeness (QED) is 0.514. The third-order valence-corrected chi connectivity index (χ3v) is 2.34. The van der Waals surface area contributed by atoms with Crippen LogP contribution in [-0.2, 0) is 14.3 Å². The number of ether oxygens (including phenoxy) is 2. The van der Waals surface area contributed by atoms with Gasteiger partial charge in [0.15, 0.2) is 0 Å². The van der Waals surface area contributed by atoms with Gasteiger partial charge in [-0.3, -0.25) is 0 Å². The van der Waals surface area contributed by atoms with Gasteiger partial charge in [0.1, 0.15) is 6.61 Å². The van der Waals surface area contributed by atoms with E-state index in [2.05, 4.69) is 41.5 Å². The molecule has 3 nitrogen and oxygen atoms in total. The van der Waals surface area contributed by atoms with E-state index in [9.17, 15) is 4.79 Å². The Labute approximate surface area is 112 Å². The van der Waals surface area contributed by atoms with Crippen molar-refractivity contribution in [2.75, 3.05) is 19.8 Å². The lowest BCUT2D eigenvalue weighted by molar-refractivity contribution is -0.150. The Bertz CT molecular complexity index is 233. The molecule has 3 heteroatoms. The van der Waals surface area contributed by atoms with E-state index in [0.717, 1.165) is 19.3 Å². The summed E-state index contributed by atoms with van der Waals surface area (Å²) in [7, 11) is 0. The second-order valence-electron chi connectivity index (χ2n) is 7.29. The van der Waals surface area contributed by atoms with Crippen LogP contribution in [0, 0.1) is 10.8 Å². The summed E-state index contributed by atoms with van der Waals surface area (Å²) < 4.78 is 10.4. The van der Waals surface area contributed by atoms with Crippen molar-refractivity contribution in [2.45, 2.75) is 60.8 Å². The van der Waals surface area contributed by atoms with Gasteiger partial charge >= 0.3 is 5.97 Å². The normalized spacial score (nSPS) is 12.6. The number of esters is 1. The van der Waals surface area contributed by atoms with Crippen molar-refractivity contribution in [3.8, 4) is 0 Å². The first-order valence-electron chi connectivity index (χ1n) is 6.83. The maximum atomic E-state index is 11.3. The van der Waals surface area contributed by atoms with Crippen LogP contribution in [0.25, 0.3) is 0 Å². The van der Waals surface area contributed by atoms with E-state index in [1.54, 1.807) is 0 Å². The van der Waals surface area contributed by atoms with E-state index in [0.29, 0.717) is 18.6 Å². The highest BCUT2D eigenvalue weighted by Crippen LogP contribution is 2.21. The molecular weight excluding hydrogens is 228 g/mol. The molecular formula is C15H30O3. The molecule has 0 bridgehead atoms. The summed E-state index contributed by atoms with van der Waals surface area (Å²) in [6.45, 7) is 14.0. The van der Waals surface area contributed by atoms with Gasteiger partial charge in [0.25, 0.3) is 0 Å². The van der Waals surface area contributed by atoms with Gasteiger partial charge in [0.05, 0.1) is 13.2 Å². The first-order chi connectivity index (χ1) is 8.10. The predicted octanol–water partition coefficient (Wildman–Crippen LogP) is 3.81. The fourth-order valence-corrected chi connectivity index (χ4v) is 1.43. The van der Waals surface area contributed by atoms with E-state index in [4.69, 9.17) is 9.47 Å². The molecule has 108 valence electrons. The van der Waals surface area contributed by atoms with Gasteiger partial charge in [-0.05, 0) is 30.1 Å². The summed E-state index contributed by atoms with van der Waals surface area (Å²) in [5.41, 5.74) is 0.451. The number of hydrogen-bond donors (Lipinski definition) is 0. The van der Waals surface area contributed by atoms with Crippen molar-refractivity contribution in [1.82, 2.24) is 0 Å². The zero-order chi connectivity index (χ0) is 14.2. The van der Waals surface area contributed by atoms with E-state index in [1.807, 2.05) is 0 Å². The van der Waals surface area contributed by atoms with Crippen molar-refractivity contribution in [1.29, 1.82) is 0 Å². The molecule has 0 radical (unpaired) electrons. The molecule has 0 aliphatic carbocycles. The Morgan fingerprint density at radius 2 is 1.56 bits per heavy atom. The van der Waals surface area contributed by atoms with Crippen LogP contribution in [0.1, 0.15) is 60.8 Å². The zero-order valence-electron chi connectivity index (χ0n) is 13.0. The Kier molecular flexibility index (Phi) is 7.53. The van der Waals surface area contributed by atoms with Gasteiger partial charge in [0.2, 0.25) is 0 Å². The van der Waals surface area contributed by atoms with Gasteiger partial charge in [-0.15, -0.1) is 0 Å².